The summed E-state index contributed by atoms with van der Waals surface area (Å²) in [5.74, 6) is -0.955. The Morgan fingerprint density at radius 1 is 1.12 bits per heavy atom. The van der Waals surface area contributed by atoms with Crippen LogP contribution < -0.4 is 15.8 Å². The third kappa shape index (κ3) is 3.13. The van der Waals surface area contributed by atoms with Crippen LogP contribution in [0.1, 0.15) is 29.0 Å². The van der Waals surface area contributed by atoms with Crippen LogP contribution in [0.4, 0.5) is 11.4 Å². The van der Waals surface area contributed by atoms with Gasteiger partial charge < -0.3 is 5.32 Å². The first-order valence-corrected chi connectivity index (χ1v) is 8.96. The highest BCUT2D eigenvalue weighted by Crippen LogP contribution is 2.43. The van der Waals surface area contributed by atoms with Crippen LogP contribution >= 0.6 is 23.2 Å². The molecule has 2 aromatic rings. The smallest absolute Gasteiger partial charge is 0.253 e. The van der Waals surface area contributed by atoms with E-state index in [9.17, 15) is 9.59 Å². The normalized spacial score (nSPS) is 15.8. The fourth-order valence-corrected chi connectivity index (χ4v) is 3.45. The second kappa shape index (κ2) is 7.17. The van der Waals surface area contributed by atoms with Crippen LogP contribution in [0.2, 0.25) is 10.0 Å². The van der Waals surface area contributed by atoms with Crippen LogP contribution in [-0.4, -0.2) is 18.9 Å². The van der Waals surface area contributed by atoms with Crippen molar-refractivity contribution >= 4 is 46.4 Å². The molecule has 1 heterocycles. The summed E-state index contributed by atoms with van der Waals surface area (Å²) in [6, 6.07) is 9.01. The Morgan fingerprint density at radius 2 is 1.81 bits per heavy atom. The predicted octanol–water partition coefficient (Wildman–Crippen LogP) is 4.20. The Hall–Kier alpha value is -2.24. The number of fused-ring (bicyclic) bond motifs is 1. The van der Waals surface area contributed by atoms with Crippen LogP contribution in [0.3, 0.4) is 0 Å². The number of anilines is 2. The van der Waals surface area contributed by atoms with Gasteiger partial charge in [-0.2, -0.15) is 0 Å². The summed E-state index contributed by atoms with van der Waals surface area (Å²) in [6.45, 7) is 3.73. The molecule has 1 unspecified atom stereocenters. The molecule has 2 N–H and O–H groups in total. The summed E-state index contributed by atoms with van der Waals surface area (Å²) in [4.78, 5) is 25.0. The first kappa shape index (κ1) is 18.5. The summed E-state index contributed by atoms with van der Waals surface area (Å²) in [5, 5.41) is 5.22. The Morgan fingerprint density at radius 3 is 2.50 bits per heavy atom. The lowest BCUT2D eigenvalue weighted by atomic mass is 9.95. The van der Waals surface area contributed by atoms with Gasteiger partial charge in [0.05, 0.1) is 17.3 Å². The molecule has 3 rings (SSSR count). The molecule has 7 heteroatoms. The number of halogens is 2. The number of rotatable bonds is 4. The Labute approximate surface area is 162 Å². The SMILES string of the molecule is CNC(=O)CC1C(=O)N(Nc2cccc(Cl)c2C)c2c1ccc(Cl)c2C. The van der Waals surface area contributed by atoms with Crippen molar-refractivity contribution in [2.24, 2.45) is 0 Å². The third-order valence-corrected chi connectivity index (χ3v) is 5.50. The highest BCUT2D eigenvalue weighted by atomic mass is 35.5. The Bertz CT molecular complexity index is 899. The number of amides is 2. The van der Waals surface area contributed by atoms with Crippen molar-refractivity contribution in [3.63, 3.8) is 0 Å². The van der Waals surface area contributed by atoms with Crippen molar-refractivity contribution < 1.29 is 9.59 Å². The van der Waals surface area contributed by atoms with Crippen molar-refractivity contribution in [2.75, 3.05) is 17.5 Å². The molecular weight excluding hydrogens is 373 g/mol. The van der Waals surface area contributed by atoms with Crippen LogP contribution in [0.25, 0.3) is 0 Å². The average Bonchev–Trinajstić information content (AvgIpc) is 2.88. The standard InChI is InChI=1S/C19H19Cl2N3O2/c1-10-14(20)5-4-6-16(10)23-24-18-11(2)15(21)8-7-12(18)13(19(24)26)9-17(25)22-3/h4-8,13,23H,9H2,1-3H3,(H,22,25). The van der Waals surface area contributed by atoms with Gasteiger partial charge in [0.2, 0.25) is 5.91 Å². The molecule has 2 aromatic carbocycles. The van der Waals surface area contributed by atoms with Crippen molar-refractivity contribution in [3.8, 4) is 0 Å². The molecule has 0 saturated carbocycles. The van der Waals surface area contributed by atoms with E-state index in [4.69, 9.17) is 23.2 Å². The zero-order valence-corrected chi connectivity index (χ0v) is 16.2. The number of carbonyl (C=O) groups is 2. The summed E-state index contributed by atoms with van der Waals surface area (Å²) in [6.07, 6.45) is 0.0795. The van der Waals surface area contributed by atoms with Gasteiger partial charge >= 0.3 is 0 Å². The fourth-order valence-electron chi connectivity index (χ4n) is 3.12. The Balaban J connectivity index is 2.06. The molecule has 1 atom stereocenters. The molecule has 1 aliphatic rings. The minimum Gasteiger partial charge on any atom is -0.359 e. The van der Waals surface area contributed by atoms with Crippen molar-refractivity contribution in [1.29, 1.82) is 0 Å². The van der Waals surface area contributed by atoms with Gasteiger partial charge in [0.25, 0.3) is 5.91 Å². The van der Waals surface area contributed by atoms with E-state index in [1.54, 1.807) is 19.2 Å². The maximum atomic E-state index is 13.1. The van der Waals surface area contributed by atoms with Crippen molar-refractivity contribution in [3.05, 3.63) is 57.1 Å². The molecule has 2 amide bonds. The van der Waals surface area contributed by atoms with E-state index in [0.717, 1.165) is 22.4 Å². The van der Waals surface area contributed by atoms with Gasteiger partial charge in [0.15, 0.2) is 0 Å². The van der Waals surface area contributed by atoms with Gasteiger partial charge in [0, 0.05) is 23.5 Å². The van der Waals surface area contributed by atoms with Gasteiger partial charge in [0.1, 0.15) is 0 Å². The lowest BCUT2D eigenvalue weighted by Crippen LogP contribution is -2.36. The molecular formula is C19H19Cl2N3O2. The van der Waals surface area contributed by atoms with Gasteiger partial charge in [-0.3, -0.25) is 15.0 Å². The fraction of sp³-hybridized carbons (Fsp3) is 0.263. The molecule has 136 valence electrons. The maximum Gasteiger partial charge on any atom is 0.253 e. The van der Waals surface area contributed by atoms with Crippen LogP contribution in [0, 0.1) is 13.8 Å². The van der Waals surface area contributed by atoms with Gasteiger partial charge in [-0.05, 0) is 48.7 Å². The molecule has 0 spiro atoms. The summed E-state index contributed by atoms with van der Waals surface area (Å²) in [5.41, 5.74) is 6.96. The monoisotopic (exact) mass is 391 g/mol. The summed E-state index contributed by atoms with van der Waals surface area (Å²) >= 11 is 12.5. The zero-order valence-electron chi connectivity index (χ0n) is 14.7. The van der Waals surface area contributed by atoms with Crippen LogP contribution in [0.5, 0.6) is 0 Å². The molecule has 26 heavy (non-hydrogen) atoms. The molecule has 0 aromatic heterocycles. The van der Waals surface area contributed by atoms with E-state index in [1.165, 1.54) is 5.01 Å². The molecule has 0 aliphatic carbocycles. The number of nitrogens with one attached hydrogen (secondary N) is 2. The topological polar surface area (TPSA) is 61.4 Å². The minimum absolute atomic E-state index is 0.0795. The van der Waals surface area contributed by atoms with E-state index in [1.807, 2.05) is 32.0 Å². The third-order valence-electron chi connectivity index (χ3n) is 4.68. The molecule has 1 aliphatic heterocycles. The van der Waals surface area contributed by atoms with E-state index in [0.29, 0.717) is 15.7 Å². The number of hydrogen-bond acceptors (Lipinski definition) is 3. The predicted molar refractivity (Wildman–Crippen MR) is 105 cm³/mol. The number of nitrogens with zero attached hydrogens (tertiary/aromatic N) is 1. The zero-order chi connectivity index (χ0) is 19.0. The quantitative estimate of drug-likeness (QED) is 0.820. The van der Waals surface area contributed by atoms with Crippen LogP contribution in [-0.2, 0) is 9.59 Å². The maximum absolute atomic E-state index is 13.1. The number of hydrogen-bond donors (Lipinski definition) is 2. The van der Waals surface area contributed by atoms with E-state index in [-0.39, 0.29) is 18.2 Å². The highest BCUT2D eigenvalue weighted by Gasteiger charge is 2.40. The molecule has 0 radical (unpaired) electrons. The number of hydrazine groups is 1. The van der Waals surface area contributed by atoms with Gasteiger partial charge in [-0.1, -0.05) is 35.3 Å². The molecule has 0 bridgehead atoms. The van der Waals surface area contributed by atoms with Gasteiger partial charge in [-0.25, -0.2) is 5.01 Å². The number of carbonyl (C=O) groups excluding carboxylic acids is 2. The van der Waals surface area contributed by atoms with Gasteiger partial charge in [-0.15, -0.1) is 0 Å². The highest BCUT2D eigenvalue weighted by molar-refractivity contribution is 6.32. The molecule has 0 saturated heterocycles. The van der Waals surface area contributed by atoms with Crippen LogP contribution in [0.15, 0.2) is 30.3 Å². The molecule has 5 nitrogen and oxygen atoms in total. The summed E-state index contributed by atoms with van der Waals surface area (Å²) < 4.78 is 0. The average molecular weight is 392 g/mol. The van der Waals surface area contributed by atoms with E-state index < -0.39 is 5.92 Å². The summed E-state index contributed by atoms with van der Waals surface area (Å²) in [7, 11) is 1.56. The first-order valence-electron chi connectivity index (χ1n) is 8.20. The van der Waals surface area contributed by atoms with Crippen molar-refractivity contribution in [2.45, 2.75) is 26.2 Å². The lowest BCUT2D eigenvalue weighted by Gasteiger charge is -2.23. The largest absolute Gasteiger partial charge is 0.359 e. The minimum atomic E-state index is -0.562. The molecule has 0 fully saturated rings. The van der Waals surface area contributed by atoms with E-state index >= 15 is 0 Å². The number of benzene rings is 2. The second-order valence-electron chi connectivity index (χ2n) is 6.24. The Kier molecular flexibility index (Phi) is 5.12. The van der Waals surface area contributed by atoms with E-state index in [2.05, 4.69) is 10.7 Å². The lowest BCUT2D eigenvalue weighted by molar-refractivity contribution is -0.125. The van der Waals surface area contributed by atoms with Crippen molar-refractivity contribution in [1.82, 2.24) is 5.32 Å². The first-order chi connectivity index (χ1) is 12.3. The second-order valence-corrected chi connectivity index (χ2v) is 7.05.